The topological polar surface area (TPSA) is 85.3 Å². The Labute approximate surface area is 171 Å². The van der Waals surface area contributed by atoms with E-state index in [2.05, 4.69) is 28.1 Å². The van der Waals surface area contributed by atoms with E-state index in [4.69, 9.17) is 11.0 Å². The van der Waals surface area contributed by atoms with Crippen LogP contribution in [0.2, 0.25) is 0 Å². The second-order valence-corrected chi connectivity index (χ2v) is 8.96. The maximum absolute atomic E-state index is 10.6. The molecule has 0 spiro atoms. The fraction of sp³-hybridized carbons (Fsp3) is 0.500. The zero-order valence-electron chi connectivity index (χ0n) is 15.9. The van der Waals surface area contributed by atoms with E-state index in [1.54, 1.807) is 11.8 Å². The summed E-state index contributed by atoms with van der Waals surface area (Å²) >= 11 is 1.72. The van der Waals surface area contributed by atoms with Crippen molar-refractivity contribution in [3.8, 4) is 17.9 Å². The van der Waals surface area contributed by atoms with Gasteiger partial charge < -0.3 is 16.2 Å². The molecular formula is C22H26N4OS. The molecule has 6 heteroatoms. The van der Waals surface area contributed by atoms with Crippen LogP contribution in [0, 0.1) is 23.2 Å². The van der Waals surface area contributed by atoms with Crippen LogP contribution in [0.4, 0.5) is 0 Å². The van der Waals surface area contributed by atoms with E-state index in [1.165, 1.54) is 0 Å². The first-order chi connectivity index (χ1) is 13.6. The molecule has 0 amide bonds. The average molecular weight is 395 g/mol. The molecule has 1 saturated carbocycles. The molecule has 0 aromatic heterocycles. The fourth-order valence-electron chi connectivity index (χ4n) is 3.98. The lowest BCUT2D eigenvalue weighted by Gasteiger charge is -2.34. The number of hydrogen-bond donors (Lipinski definition) is 3. The largest absolute Gasteiger partial charge is 0.378 e. The van der Waals surface area contributed by atoms with Gasteiger partial charge in [0.05, 0.1) is 22.2 Å². The zero-order chi connectivity index (χ0) is 19.6. The number of nitrogens with two attached hydrogens (primary N) is 1. The SMILES string of the molecule is N#Cc1ccc(C2=C(C#CC3(O)CCCC3)SC(N3CCC(N)CC3)N2)cc1. The molecule has 1 atom stereocenters. The molecule has 1 aliphatic carbocycles. The number of allylic oxidation sites excluding steroid dienone is 1. The van der Waals surface area contributed by atoms with Gasteiger partial charge in [0.1, 0.15) is 11.1 Å². The molecule has 0 bridgehead atoms. The highest BCUT2D eigenvalue weighted by Gasteiger charge is 2.32. The van der Waals surface area contributed by atoms with Gasteiger partial charge in [0.25, 0.3) is 0 Å². The van der Waals surface area contributed by atoms with E-state index < -0.39 is 5.60 Å². The Morgan fingerprint density at radius 2 is 1.86 bits per heavy atom. The van der Waals surface area contributed by atoms with Crippen molar-refractivity contribution in [3.05, 3.63) is 40.3 Å². The smallest absolute Gasteiger partial charge is 0.133 e. The molecule has 1 aromatic rings. The summed E-state index contributed by atoms with van der Waals surface area (Å²) < 4.78 is 0. The van der Waals surface area contributed by atoms with Crippen LogP contribution >= 0.6 is 11.8 Å². The lowest BCUT2D eigenvalue weighted by atomic mass is 10.0. The lowest BCUT2D eigenvalue weighted by Crippen LogP contribution is -2.47. The van der Waals surface area contributed by atoms with Crippen molar-refractivity contribution in [1.82, 2.24) is 10.2 Å². The van der Waals surface area contributed by atoms with Gasteiger partial charge >= 0.3 is 0 Å². The van der Waals surface area contributed by atoms with Crippen LogP contribution < -0.4 is 11.1 Å². The van der Waals surface area contributed by atoms with Gasteiger partial charge in [0, 0.05) is 19.1 Å². The number of hydrogen-bond acceptors (Lipinski definition) is 6. The minimum Gasteiger partial charge on any atom is -0.378 e. The normalized spacial score (nSPS) is 25.1. The number of nitrogens with one attached hydrogen (secondary N) is 1. The van der Waals surface area contributed by atoms with Crippen molar-refractivity contribution in [3.63, 3.8) is 0 Å². The van der Waals surface area contributed by atoms with Gasteiger partial charge in [0.15, 0.2) is 0 Å². The molecule has 0 radical (unpaired) electrons. The number of nitrogens with zero attached hydrogens (tertiary/aromatic N) is 2. The maximum atomic E-state index is 10.6. The standard InChI is InChI=1S/C22H26N4OS/c23-15-16-3-5-17(6-4-16)20-19(7-12-22(27)10-1-2-11-22)28-21(25-20)26-13-8-18(24)9-14-26/h3-6,18,21,25,27H,1-2,8-11,13-14,24H2. The van der Waals surface area contributed by atoms with Crippen LogP contribution in [-0.2, 0) is 0 Å². The van der Waals surface area contributed by atoms with E-state index >= 15 is 0 Å². The molecule has 28 heavy (non-hydrogen) atoms. The molecule has 1 unspecified atom stereocenters. The second-order valence-electron chi connectivity index (χ2n) is 7.87. The molecule has 146 valence electrons. The predicted octanol–water partition coefficient (Wildman–Crippen LogP) is 2.58. The molecule has 1 saturated heterocycles. The first kappa shape index (κ1) is 19.4. The summed E-state index contributed by atoms with van der Waals surface area (Å²) in [4.78, 5) is 3.38. The quantitative estimate of drug-likeness (QED) is 0.669. The van der Waals surface area contributed by atoms with Crippen LogP contribution in [-0.4, -0.2) is 40.2 Å². The Bertz CT molecular complexity index is 847. The number of thioether (sulfide) groups is 1. The van der Waals surface area contributed by atoms with E-state index in [0.29, 0.717) is 11.6 Å². The van der Waals surface area contributed by atoms with E-state index in [-0.39, 0.29) is 5.50 Å². The Hall–Kier alpha value is -1.96. The van der Waals surface area contributed by atoms with E-state index in [1.807, 2.05) is 24.3 Å². The van der Waals surface area contributed by atoms with Crippen LogP contribution in [0.15, 0.2) is 29.2 Å². The Balaban J connectivity index is 1.60. The zero-order valence-corrected chi connectivity index (χ0v) is 16.8. The van der Waals surface area contributed by atoms with Gasteiger partial charge in [-0.05, 0) is 56.2 Å². The average Bonchev–Trinajstić information content (AvgIpc) is 3.34. The number of rotatable bonds is 2. The first-order valence-electron chi connectivity index (χ1n) is 9.99. The Morgan fingerprint density at radius 1 is 1.18 bits per heavy atom. The number of likely N-dealkylation sites (tertiary alicyclic amines) is 1. The molecule has 2 aliphatic heterocycles. The summed E-state index contributed by atoms with van der Waals surface area (Å²) in [5.74, 6) is 6.43. The van der Waals surface area contributed by atoms with Gasteiger partial charge in [-0.3, -0.25) is 4.90 Å². The van der Waals surface area contributed by atoms with Crippen molar-refractivity contribution in [2.24, 2.45) is 5.73 Å². The summed E-state index contributed by atoms with van der Waals surface area (Å²) in [5, 5.41) is 23.3. The molecule has 4 rings (SSSR count). The van der Waals surface area contributed by atoms with Crippen molar-refractivity contribution in [2.75, 3.05) is 13.1 Å². The van der Waals surface area contributed by atoms with Gasteiger partial charge in [-0.1, -0.05) is 35.7 Å². The highest BCUT2D eigenvalue weighted by atomic mass is 32.2. The van der Waals surface area contributed by atoms with Crippen LogP contribution in [0.3, 0.4) is 0 Å². The van der Waals surface area contributed by atoms with E-state index in [0.717, 1.165) is 67.8 Å². The molecule has 5 nitrogen and oxygen atoms in total. The van der Waals surface area contributed by atoms with E-state index in [9.17, 15) is 5.11 Å². The summed E-state index contributed by atoms with van der Waals surface area (Å²) in [6.45, 7) is 1.94. The van der Waals surface area contributed by atoms with Crippen LogP contribution in [0.25, 0.3) is 5.70 Å². The summed E-state index contributed by atoms with van der Waals surface area (Å²) in [6.07, 6.45) is 5.59. The van der Waals surface area contributed by atoms with Crippen LogP contribution in [0.5, 0.6) is 0 Å². The summed E-state index contributed by atoms with van der Waals surface area (Å²) in [5.41, 5.74) is 7.99. The van der Waals surface area contributed by atoms with Crippen molar-refractivity contribution in [2.45, 2.75) is 55.7 Å². The molecule has 3 aliphatic rings. The van der Waals surface area contributed by atoms with Gasteiger partial charge in [-0.15, -0.1) is 0 Å². The van der Waals surface area contributed by atoms with Gasteiger partial charge in [-0.2, -0.15) is 5.26 Å². The predicted molar refractivity (Wildman–Crippen MR) is 113 cm³/mol. The Morgan fingerprint density at radius 3 is 2.50 bits per heavy atom. The third-order valence-corrected chi connectivity index (χ3v) is 6.95. The fourth-order valence-corrected chi connectivity index (χ4v) is 5.15. The van der Waals surface area contributed by atoms with Crippen molar-refractivity contribution in [1.29, 1.82) is 5.26 Å². The minimum atomic E-state index is -0.848. The van der Waals surface area contributed by atoms with Crippen LogP contribution in [0.1, 0.15) is 49.7 Å². The number of benzene rings is 1. The maximum Gasteiger partial charge on any atom is 0.133 e. The minimum absolute atomic E-state index is 0.126. The molecule has 4 N–H and O–H groups in total. The monoisotopic (exact) mass is 394 g/mol. The van der Waals surface area contributed by atoms with Gasteiger partial charge in [0.2, 0.25) is 0 Å². The highest BCUT2D eigenvalue weighted by Crippen LogP contribution is 2.38. The first-order valence-corrected chi connectivity index (χ1v) is 10.9. The van der Waals surface area contributed by atoms with Crippen molar-refractivity contribution < 1.29 is 5.11 Å². The lowest BCUT2D eigenvalue weighted by molar-refractivity contribution is 0.110. The summed E-state index contributed by atoms with van der Waals surface area (Å²) in [6, 6.07) is 10.0. The third kappa shape index (κ3) is 4.21. The molecular weight excluding hydrogens is 368 g/mol. The van der Waals surface area contributed by atoms with Gasteiger partial charge in [-0.25, -0.2) is 0 Å². The number of piperidine rings is 1. The number of aliphatic hydroxyl groups is 1. The second kappa shape index (κ2) is 8.19. The highest BCUT2D eigenvalue weighted by molar-refractivity contribution is 8.04. The molecule has 2 fully saturated rings. The number of nitriles is 1. The summed E-state index contributed by atoms with van der Waals surface area (Å²) in [7, 11) is 0. The molecule has 2 heterocycles. The molecule has 1 aromatic carbocycles. The third-order valence-electron chi connectivity index (χ3n) is 5.77. The van der Waals surface area contributed by atoms with Crippen molar-refractivity contribution >= 4 is 17.5 Å². The Kier molecular flexibility index (Phi) is 5.66.